The van der Waals surface area contributed by atoms with Crippen molar-refractivity contribution in [3.63, 3.8) is 0 Å². The highest BCUT2D eigenvalue weighted by molar-refractivity contribution is 5.83. The molecule has 1 aromatic carbocycles. The fourth-order valence-electron chi connectivity index (χ4n) is 7.01. The van der Waals surface area contributed by atoms with Crippen LogP contribution in [0.4, 0.5) is 4.39 Å². The highest BCUT2D eigenvalue weighted by Gasteiger charge is 2.56. The van der Waals surface area contributed by atoms with Gasteiger partial charge in [0.05, 0.1) is 6.67 Å². The van der Waals surface area contributed by atoms with E-state index in [0.29, 0.717) is 12.0 Å². The van der Waals surface area contributed by atoms with Gasteiger partial charge in [-0.15, -0.1) is 0 Å². The lowest BCUT2D eigenvalue weighted by Crippen LogP contribution is -2.55. The van der Waals surface area contributed by atoms with Gasteiger partial charge in [-0.05, 0) is 67.3 Å². The summed E-state index contributed by atoms with van der Waals surface area (Å²) in [6.07, 6.45) is 10.6. The third-order valence-electron chi connectivity index (χ3n) is 7.89. The van der Waals surface area contributed by atoms with Gasteiger partial charge in [0, 0.05) is 11.5 Å². The average Bonchev–Trinajstić information content (AvgIpc) is 2.68. The van der Waals surface area contributed by atoms with Crippen molar-refractivity contribution in [1.82, 2.24) is 5.32 Å². The Morgan fingerprint density at radius 1 is 1.04 bits per heavy atom. The zero-order valence-electron chi connectivity index (χ0n) is 17.6. The van der Waals surface area contributed by atoms with Crippen LogP contribution in [0.25, 0.3) is 0 Å². The number of carbonyl (C=O) groups excluding carboxylic acids is 1. The Morgan fingerprint density at radius 3 is 2.43 bits per heavy atom. The van der Waals surface area contributed by atoms with E-state index in [1.165, 1.54) is 24.8 Å². The van der Waals surface area contributed by atoms with Gasteiger partial charge in [-0.25, -0.2) is 0 Å². The van der Waals surface area contributed by atoms with Crippen molar-refractivity contribution < 1.29 is 9.18 Å². The molecule has 3 heteroatoms. The van der Waals surface area contributed by atoms with Crippen LogP contribution < -0.4 is 5.32 Å². The summed E-state index contributed by atoms with van der Waals surface area (Å²) in [5, 5.41) is 3.41. The van der Waals surface area contributed by atoms with Gasteiger partial charge in [0.1, 0.15) is 0 Å². The number of amides is 1. The normalized spacial score (nSPS) is 38.8. The van der Waals surface area contributed by atoms with Gasteiger partial charge in [0.25, 0.3) is 0 Å². The number of benzene rings is 1. The van der Waals surface area contributed by atoms with Gasteiger partial charge in [0.15, 0.2) is 0 Å². The van der Waals surface area contributed by atoms with Crippen molar-refractivity contribution in [2.75, 3.05) is 6.67 Å². The molecule has 0 aromatic heterocycles. The first-order valence-corrected chi connectivity index (χ1v) is 11.3. The Balaban J connectivity index is 1.62. The Hall–Kier alpha value is -1.38. The number of hydrogen-bond donors (Lipinski definition) is 1. The van der Waals surface area contributed by atoms with Gasteiger partial charge in [-0.1, -0.05) is 63.4 Å². The van der Waals surface area contributed by atoms with Gasteiger partial charge in [0.2, 0.25) is 5.91 Å². The maximum atomic E-state index is 14.0. The third kappa shape index (κ3) is 3.74. The maximum absolute atomic E-state index is 14.0. The lowest BCUT2D eigenvalue weighted by molar-refractivity contribution is -0.139. The number of nitrogens with one attached hydrogen (secondary N) is 1. The highest BCUT2D eigenvalue weighted by Crippen LogP contribution is 2.61. The Labute approximate surface area is 169 Å². The van der Waals surface area contributed by atoms with Gasteiger partial charge in [-0.2, -0.15) is 0 Å². The van der Waals surface area contributed by atoms with Crippen molar-refractivity contribution in [3.05, 3.63) is 35.9 Å². The zero-order valence-corrected chi connectivity index (χ0v) is 17.6. The van der Waals surface area contributed by atoms with Crippen molar-refractivity contribution in [1.29, 1.82) is 0 Å². The molecule has 3 unspecified atom stereocenters. The molecule has 1 amide bonds. The predicted molar refractivity (Wildman–Crippen MR) is 112 cm³/mol. The monoisotopic (exact) mass is 385 g/mol. The molecule has 0 saturated heterocycles. The second kappa shape index (κ2) is 7.46. The summed E-state index contributed by atoms with van der Waals surface area (Å²) in [4.78, 5) is 13.4. The van der Waals surface area contributed by atoms with Crippen LogP contribution in [0.15, 0.2) is 30.3 Å². The molecule has 4 rings (SSSR count). The second-order valence-electron chi connectivity index (χ2n) is 10.8. The van der Waals surface area contributed by atoms with E-state index >= 15 is 0 Å². The number of alkyl halides is 1. The van der Waals surface area contributed by atoms with Gasteiger partial charge >= 0.3 is 0 Å². The highest BCUT2D eigenvalue weighted by atomic mass is 19.1. The van der Waals surface area contributed by atoms with E-state index in [2.05, 4.69) is 43.4 Å². The lowest BCUT2D eigenvalue weighted by atomic mass is 9.47. The topological polar surface area (TPSA) is 29.1 Å². The number of fused-ring (bicyclic) bond motifs is 2. The standard InChI is InChI=1S/C25H36FNO/c1-23(18-26)13-19-14-24(2,22(28)27-21-11-7-4-8-12-21)17-25(15-19,16-23)20-9-5-3-6-10-20/h3,5-6,9-10,19,21H,4,7-8,11-18H2,1-2H3,(H,27,28)/t19?,23-,24?,25?/m0/s1. The SMILES string of the molecule is CC1(C(=O)NC2CCCCC2)CC2CC(c3ccccc3)(C1)C[C@@](C)(CF)C2. The summed E-state index contributed by atoms with van der Waals surface area (Å²) < 4.78 is 14.0. The first-order chi connectivity index (χ1) is 13.4. The molecule has 0 heterocycles. The average molecular weight is 386 g/mol. The van der Waals surface area contributed by atoms with E-state index in [4.69, 9.17) is 0 Å². The van der Waals surface area contributed by atoms with Crippen molar-refractivity contribution >= 4 is 5.91 Å². The summed E-state index contributed by atoms with van der Waals surface area (Å²) >= 11 is 0. The quantitative estimate of drug-likeness (QED) is 0.682. The van der Waals surface area contributed by atoms with Gasteiger partial charge in [-0.3, -0.25) is 9.18 Å². The van der Waals surface area contributed by atoms with Crippen molar-refractivity contribution in [2.45, 2.75) is 89.5 Å². The molecule has 3 aliphatic carbocycles. The van der Waals surface area contributed by atoms with Gasteiger partial charge < -0.3 is 5.32 Å². The molecular weight excluding hydrogens is 349 g/mol. The Morgan fingerprint density at radius 2 is 1.75 bits per heavy atom. The molecule has 0 spiro atoms. The fraction of sp³-hybridized carbons (Fsp3) is 0.720. The first kappa shape index (κ1) is 19.9. The van der Waals surface area contributed by atoms with Crippen LogP contribution in [0.2, 0.25) is 0 Å². The molecule has 2 nitrogen and oxygen atoms in total. The van der Waals surface area contributed by atoms with Crippen LogP contribution in [-0.2, 0) is 10.2 Å². The smallest absolute Gasteiger partial charge is 0.226 e. The van der Waals surface area contributed by atoms with Crippen LogP contribution in [-0.4, -0.2) is 18.6 Å². The lowest BCUT2D eigenvalue weighted by Gasteiger charge is -2.57. The molecule has 4 atom stereocenters. The number of hydrogen-bond acceptors (Lipinski definition) is 1. The fourth-order valence-corrected chi connectivity index (χ4v) is 7.01. The molecule has 3 fully saturated rings. The van der Waals surface area contributed by atoms with E-state index in [1.807, 2.05) is 6.07 Å². The zero-order chi connectivity index (χ0) is 19.8. The van der Waals surface area contributed by atoms with E-state index in [1.54, 1.807) is 0 Å². The number of rotatable bonds is 4. The first-order valence-electron chi connectivity index (χ1n) is 11.3. The minimum Gasteiger partial charge on any atom is -0.353 e. The van der Waals surface area contributed by atoms with Crippen LogP contribution >= 0.6 is 0 Å². The number of carbonyl (C=O) groups is 1. The molecule has 3 saturated carbocycles. The van der Waals surface area contributed by atoms with E-state index in [9.17, 15) is 9.18 Å². The van der Waals surface area contributed by atoms with E-state index in [-0.39, 0.29) is 28.8 Å². The van der Waals surface area contributed by atoms with Crippen molar-refractivity contribution in [3.8, 4) is 0 Å². The molecule has 154 valence electrons. The molecule has 1 N–H and O–H groups in total. The second-order valence-corrected chi connectivity index (χ2v) is 10.8. The molecule has 0 aliphatic heterocycles. The summed E-state index contributed by atoms with van der Waals surface area (Å²) in [5.41, 5.74) is 0.603. The summed E-state index contributed by atoms with van der Waals surface area (Å²) in [6.45, 7) is 4.03. The van der Waals surface area contributed by atoms with E-state index in [0.717, 1.165) is 44.9 Å². The third-order valence-corrected chi connectivity index (χ3v) is 7.89. The van der Waals surface area contributed by atoms with E-state index < -0.39 is 0 Å². The largest absolute Gasteiger partial charge is 0.353 e. The molecule has 28 heavy (non-hydrogen) atoms. The van der Waals surface area contributed by atoms with Crippen LogP contribution in [0.3, 0.4) is 0 Å². The summed E-state index contributed by atoms with van der Waals surface area (Å²) in [7, 11) is 0. The molecule has 1 aromatic rings. The molecular formula is C25H36FNO. The minimum atomic E-state index is -0.353. The van der Waals surface area contributed by atoms with Crippen LogP contribution in [0, 0.1) is 16.7 Å². The summed E-state index contributed by atoms with van der Waals surface area (Å²) in [5.74, 6) is 0.666. The number of halogens is 1. The molecule has 0 radical (unpaired) electrons. The Bertz CT molecular complexity index is 700. The molecule has 3 aliphatic rings. The predicted octanol–water partition coefficient (Wildman–Crippen LogP) is 5.95. The van der Waals surface area contributed by atoms with Crippen LogP contribution in [0.5, 0.6) is 0 Å². The van der Waals surface area contributed by atoms with Crippen molar-refractivity contribution in [2.24, 2.45) is 16.7 Å². The maximum Gasteiger partial charge on any atom is 0.226 e. The summed E-state index contributed by atoms with van der Waals surface area (Å²) in [6, 6.07) is 11.0. The van der Waals surface area contributed by atoms with Crippen LogP contribution in [0.1, 0.15) is 83.6 Å². The molecule has 2 bridgehead atoms. The minimum absolute atomic E-state index is 0.0814. The Kier molecular flexibility index (Phi) is 5.31.